The molecule has 0 saturated carbocycles. The quantitative estimate of drug-likeness (QED) is 0.666. The van der Waals surface area contributed by atoms with Gasteiger partial charge in [-0.2, -0.15) is 12.7 Å². The molecule has 2 N–H and O–H groups in total. The zero-order valence-electron chi connectivity index (χ0n) is 15.6. The van der Waals surface area contributed by atoms with Crippen molar-refractivity contribution in [2.45, 2.75) is 0 Å². The van der Waals surface area contributed by atoms with E-state index < -0.39 is 10.2 Å². The Hall–Kier alpha value is -3.16. The molecule has 0 aromatic heterocycles. The number of rotatable bonds is 6. The molecule has 1 amide bonds. The van der Waals surface area contributed by atoms with E-state index in [9.17, 15) is 13.2 Å². The molecule has 0 radical (unpaired) electrons. The number of benzene rings is 3. The fraction of sp³-hybridized carbons (Fsp3) is 0.0952. The van der Waals surface area contributed by atoms with Gasteiger partial charge in [-0.15, -0.1) is 0 Å². The summed E-state index contributed by atoms with van der Waals surface area (Å²) in [4.78, 5) is 12.8. The standard InChI is InChI=1S/C21H21N3O3S/c1-24(2)28(26,27)23-18-12-8-11-17(15-18)21(25)22-20-14-7-6-13-19(20)16-9-4-3-5-10-16/h3-15,23H,1-2H3,(H,22,25). The fourth-order valence-electron chi connectivity index (χ4n) is 2.62. The van der Waals surface area contributed by atoms with E-state index in [1.165, 1.54) is 20.2 Å². The summed E-state index contributed by atoms with van der Waals surface area (Å²) in [6.45, 7) is 0. The summed E-state index contributed by atoms with van der Waals surface area (Å²) in [6, 6.07) is 23.7. The Labute approximate surface area is 165 Å². The summed E-state index contributed by atoms with van der Waals surface area (Å²) in [7, 11) is -0.784. The number of amides is 1. The Kier molecular flexibility index (Phi) is 5.77. The normalized spacial score (nSPS) is 11.2. The van der Waals surface area contributed by atoms with E-state index in [0.717, 1.165) is 15.4 Å². The first kappa shape index (κ1) is 19.6. The van der Waals surface area contributed by atoms with Crippen LogP contribution in [-0.4, -0.2) is 32.7 Å². The molecule has 0 unspecified atom stereocenters. The summed E-state index contributed by atoms with van der Waals surface area (Å²) in [5, 5.41) is 2.91. The number of para-hydroxylation sites is 1. The van der Waals surface area contributed by atoms with Crippen LogP contribution >= 0.6 is 0 Å². The second-order valence-electron chi connectivity index (χ2n) is 6.34. The minimum absolute atomic E-state index is 0.317. The van der Waals surface area contributed by atoms with Gasteiger partial charge in [-0.1, -0.05) is 54.6 Å². The van der Waals surface area contributed by atoms with E-state index >= 15 is 0 Å². The van der Waals surface area contributed by atoms with Crippen molar-refractivity contribution in [3.05, 3.63) is 84.4 Å². The summed E-state index contributed by atoms with van der Waals surface area (Å²) >= 11 is 0. The maximum Gasteiger partial charge on any atom is 0.301 e. The van der Waals surface area contributed by atoms with Gasteiger partial charge in [0, 0.05) is 30.9 Å². The molecule has 0 heterocycles. The van der Waals surface area contributed by atoms with E-state index in [1.54, 1.807) is 18.2 Å². The highest BCUT2D eigenvalue weighted by molar-refractivity contribution is 7.90. The van der Waals surface area contributed by atoms with Crippen molar-refractivity contribution >= 4 is 27.5 Å². The van der Waals surface area contributed by atoms with Gasteiger partial charge in [0.1, 0.15) is 0 Å². The first-order chi connectivity index (χ1) is 13.4. The average Bonchev–Trinajstić information content (AvgIpc) is 2.69. The van der Waals surface area contributed by atoms with Gasteiger partial charge in [-0.05, 0) is 29.8 Å². The van der Waals surface area contributed by atoms with Crippen LogP contribution in [0.1, 0.15) is 10.4 Å². The molecule has 0 saturated heterocycles. The number of carbonyl (C=O) groups excluding carboxylic acids is 1. The van der Waals surface area contributed by atoms with Crippen molar-refractivity contribution in [2.75, 3.05) is 24.1 Å². The summed E-state index contributed by atoms with van der Waals surface area (Å²) in [5.41, 5.74) is 3.24. The van der Waals surface area contributed by atoms with Crippen molar-refractivity contribution < 1.29 is 13.2 Å². The summed E-state index contributed by atoms with van der Waals surface area (Å²) in [5.74, 6) is -0.325. The van der Waals surface area contributed by atoms with Gasteiger partial charge in [-0.3, -0.25) is 9.52 Å². The molecular formula is C21H21N3O3S. The minimum Gasteiger partial charge on any atom is -0.321 e. The van der Waals surface area contributed by atoms with Crippen LogP contribution in [0.15, 0.2) is 78.9 Å². The number of nitrogens with zero attached hydrogens (tertiary/aromatic N) is 1. The maximum absolute atomic E-state index is 12.8. The van der Waals surface area contributed by atoms with Crippen LogP contribution in [-0.2, 0) is 10.2 Å². The predicted molar refractivity (Wildman–Crippen MR) is 113 cm³/mol. The van der Waals surface area contributed by atoms with Gasteiger partial charge in [0.15, 0.2) is 0 Å². The molecule has 0 aliphatic carbocycles. The van der Waals surface area contributed by atoms with Crippen LogP contribution in [0.5, 0.6) is 0 Å². The average molecular weight is 395 g/mol. The van der Waals surface area contributed by atoms with Crippen LogP contribution in [0.25, 0.3) is 11.1 Å². The SMILES string of the molecule is CN(C)S(=O)(=O)Nc1cccc(C(=O)Nc2ccccc2-c2ccccc2)c1. The summed E-state index contributed by atoms with van der Waals surface area (Å²) < 4.78 is 27.5. The van der Waals surface area contributed by atoms with E-state index in [2.05, 4.69) is 10.0 Å². The minimum atomic E-state index is -3.64. The van der Waals surface area contributed by atoms with Gasteiger partial charge in [0.25, 0.3) is 5.91 Å². The lowest BCUT2D eigenvalue weighted by molar-refractivity contribution is 0.102. The van der Waals surface area contributed by atoms with Crippen molar-refractivity contribution in [2.24, 2.45) is 0 Å². The third-order valence-electron chi connectivity index (χ3n) is 4.11. The highest BCUT2D eigenvalue weighted by Gasteiger charge is 2.15. The van der Waals surface area contributed by atoms with Crippen LogP contribution in [0.4, 0.5) is 11.4 Å². The molecule has 0 spiro atoms. The lowest BCUT2D eigenvalue weighted by Crippen LogP contribution is -2.29. The van der Waals surface area contributed by atoms with Gasteiger partial charge in [-0.25, -0.2) is 0 Å². The maximum atomic E-state index is 12.8. The third-order valence-corrected chi connectivity index (χ3v) is 5.57. The van der Waals surface area contributed by atoms with Crippen molar-refractivity contribution in [3.8, 4) is 11.1 Å². The summed E-state index contributed by atoms with van der Waals surface area (Å²) in [6.07, 6.45) is 0. The highest BCUT2D eigenvalue weighted by Crippen LogP contribution is 2.28. The van der Waals surface area contributed by atoms with E-state index in [4.69, 9.17) is 0 Å². The highest BCUT2D eigenvalue weighted by atomic mass is 32.2. The van der Waals surface area contributed by atoms with Crippen LogP contribution < -0.4 is 10.0 Å². The van der Waals surface area contributed by atoms with Crippen molar-refractivity contribution in [1.29, 1.82) is 0 Å². The zero-order chi connectivity index (χ0) is 20.1. The molecule has 7 heteroatoms. The van der Waals surface area contributed by atoms with E-state index in [0.29, 0.717) is 16.9 Å². The molecule has 0 atom stereocenters. The first-order valence-electron chi connectivity index (χ1n) is 8.63. The third kappa shape index (κ3) is 4.57. The van der Waals surface area contributed by atoms with Gasteiger partial charge < -0.3 is 5.32 Å². The van der Waals surface area contributed by atoms with E-state index in [1.807, 2.05) is 54.6 Å². The molecule has 0 bridgehead atoms. The number of hydrogen-bond acceptors (Lipinski definition) is 3. The lowest BCUT2D eigenvalue weighted by atomic mass is 10.0. The predicted octanol–water partition coefficient (Wildman–Crippen LogP) is 3.82. The number of hydrogen-bond donors (Lipinski definition) is 2. The Morgan fingerprint density at radius 1 is 0.857 bits per heavy atom. The number of anilines is 2. The zero-order valence-corrected chi connectivity index (χ0v) is 16.4. The topological polar surface area (TPSA) is 78.5 Å². The monoisotopic (exact) mass is 395 g/mol. The smallest absolute Gasteiger partial charge is 0.301 e. The molecule has 3 rings (SSSR count). The lowest BCUT2D eigenvalue weighted by Gasteiger charge is -2.14. The molecule has 3 aromatic rings. The van der Waals surface area contributed by atoms with Gasteiger partial charge in [0.05, 0.1) is 5.69 Å². The molecule has 28 heavy (non-hydrogen) atoms. The van der Waals surface area contributed by atoms with Crippen LogP contribution in [0.2, 0.25) is 0 Å². The van der Waals surface area contributed by atoms with Gasteiger partial charge in [0.2, 0.25) is 0 Å². The Morgan fingerprint density at radius 2 is 1.54 bits per heavy atom. The van der Waals surface area contributed by atoms with Crippen LogP contribution in [0.3, 0.4) is 0 Å². The first-order valence-corrected chi connectivity index (χ1v) is 10.1. The number of nitrogens with one attached hydrogen (secondary N) is 2. The van der Waals surface area contributed by atoms with Crippen molar-refractivity contribution in [3.63, 3.8) is 0 Å². The van der Waals surface area contributed by atoms with Crippen molar-refractivity contribution in [1.82, 2.24) is 4.31 Å². The molecule has 0 aliphatic rings. The fourth-order valence-corrected chi connectivity index (χ4v) is 3.23. The Bertz CT molecular complexity index is 1080. The molecular weight excluding hydrogens is 374 g/mol. The van der Waals surface area contributed by atoms with Crippen LogP contribution in [0, 0.1) is 0 Å². The molecule has 0 aliphatic heterocycles. The number of carbonyl (C=O) groups is 1. The molecule has 144 valence electrons. The molecule has 6 nitrogen and oxygen atoms in total. The second-order valence-corrected chi connectivity index (χ2v) is 8.22. The largest absolute Gasteiger partial charge is 0.321 e. The van der Waals surface area contributed by atoms with Gasteiger partial charge >= 0.3 is 10.2 Å². The molecule has 0 fully saturated rings. The van der Waals surface area contributed by atoms with E-state index in [-0.39, 0.29) is 5.91 Å². The molecule has 3 aromatic carbocycles. The Morgan fingerprint density at radius 3 is 2.25 bits per heavy atom. The second kappa shape index (κ2) is 8.24. The Balaban J connectivity index is 1.84.